The Kier molecular flexibility index (Phi) is 1.95. The molecule has 1 radical (unpaired) electrons. The van der Waals surface area contributed by atoms with Gasteiger partial charge in [-0.05, 0) is 37.3 Å². The lowest BCUT2D eigenvalue weighted by Gasteiger charge is -2.10. The van der Waals surface area contributed by atoms with Gasteiger partial charge in [0.25, 0.3) is 0 Å². The Hall–Kier alpha value is -1.50. The predicted molar refractivity (Wildman–Crippen MR) is 58.3 cm³/mol. The summed E-state index contributed by atoms with van der Waals surface area (Å²) in [7, 11) is 0. The summed E-state index contributed by atoms with van der Waals surface area (Å²) in [5.74, 6) is 0.170. The molecule has 0 unspecified atom stereocenters. The second-order valence-electron chi connectivity index (χ2n) is 3.75. The van der Waals surface area contributed by atoms with Gasteiger partial charge in [0.2, 0.25) is 0 Å². The molecule has 71 valence electrons. The molecule has 0 aliphatic carbocycles. The van der Waals surface area contributed by atoms with Crippen LogP contribution in [0.3, 0.4) is 0 Å². The van der Waals surface area contributed by atoms with Crippen LogP contribution < -0.4 is 0 Å². The van der Waals surface area contributed by atoms with E-state index in [4.69, 9.17) is 0 Å². The first-order valence-corrected chi connectivity index (χ1v) is 4.78. The lowest BCUT2D eigenvalue weighted by molar-refractivity contribution is 0.357. The lowest BCUT2D eigenvalue weighted by atomic mass is 9.95. The number of aryl methyl sites for hydroxylation is 1. The van der Waals surface area contributed by atoms with Crippen LogP contribution in [0.2, 0.25) is 0 Å². The fourth-order valence-corrected chi connectivity index (χ4v) is 1.86. The third-order valence-electron chi connectivity index (χ3n) is 3.04. The van der Waals surface area contributed by atoms with Gasteiger partial charge in [-0.3, -0.25) is 5.11 Å². The van der Waals surface area contributed by atoms with E-state index in [9.17, 15) is 5.11 Å². The normalized spacial score (nSPS) is 10.8. The first-order chi connectivity index (χ1) is 6.63. The number of rotatable bonds is 0. The summed E-state index contributed by atoms with van der Waals surface area (Å²) in [5, 5.41) is 13.8. The summed E-state index contributed by atoms with van der Waals surface area (Å²) >= 11 is 0. The maximum atomic E-state index is 11.9. The molecule has 0 bridgehead atoms. The highest BCUT2D eigenvalue weighted by molar-refractivity contribution is 5.92. The Morgan fingerprint density at radius 2 is 1.36 bits per heavy atom. The Morgan fingerprint density at radius 3 is 2.00 bits per heavy atom. The van der Waals surface area contributed by atoms with Crippen LogP contribution in [0.4, 0.5) is 0 Å². The summed E-state index contributed by atoms with van der Waals surface area (Å²) in [6.45, 7) is 5.99. The molecular weight excluding hydrogens is 172 g/mol. The smallest absolute Gasteiger partial charge is 0.189 e. The van der Waals surface area contributed by atoms with Gasteiger partial charge in [0.15, 0.2) is 5.75 Å². The molecular formula is C13H13O. The van der Waals surface area contributed by atoms with Gasteiger partial charge in [0.1, 0.15) is 0 Å². The number of benzene rings is 2. The van der Waals surface area contributed by atoms with Crippen molar-refractivity contribution < 1.29 is 5.11 Å². The largest absolute Gasteiger partial charge is 0.289 e. The lowest BCUT2D eigenvalue weighted by Crippen LogP contribution is -1.89. The molecule has 1 nitrogen and oxygen atoms in total. The topological polar surface area (TPSA) is 19.9 Å². The van der Waals surface area contributed by atoms with Crippen LogP contribution in [-0.4, -0.2) is 0 Å². The Bertz CT molecular complexity index is 452. The molecule has 0 amide bonds. The molecule has 2 aromatic carbocycles. The molecule has 2 aromatic rings. The van der Waals surface area contributed by atoms with Gasteiger partial charge in [0, 0.05) is 10.9 Å². The van der Waals surface area contributed by atoms with Crippen molar-refractivity contribution >= 4 is 10.8 Å². The van der Waals surface area contributed by atoms with E-state index in [-0.39, 0.29) is 5.75 Å². The van der Waals surface area contributed by atoms with Crippen LogP contribution in [0, 0.1) is 20.8 Å². The molecule has 0 saturated heterocycles. The molecule has 0 saturated carbocycles. The van der Waals surface area contributed by atoms with Crippen LogP contribution >= 0.6 is 0 Å². The second kappa shape index (κ2) is 3.02. The Balaban J connectivity index is 3.02. The summed E-state index contributed by atoms with van der Waals surface area (Å²) < 4.78 is 0. The van der Waals surface area contributed by atoms with Gasteiger partial charge < -0.3 is 0 Å². The van der Waals surface area contributed by atoms with E-state index < -0.39 is 0 Å². The van der Waals surface area contributed by atoms with Crippen molar-refractivity contribution in [1.82, 2.24) is 0 Å². The highest BCUT2D eigenvalue weighted by atomic mass is 16.3. The standard InChI is InChI=1S/C13H13O/c1-8-9(2)11-6-4-5-7-12(11)13(14)10(8)3/h4-7H,1-3H3. The van der Waals surface area contributed by atoms with E-state index in [1.807, 2.05) is 38.1 Å². The van der Waals surface area contributed by atoms with Gasteiger partial charge in [-0.1, -0.05) is 24.3 Å². The quantitative estimate of drug-likeness (QED) is 0.593. The van der Waals surface area contributed by atoms with Crippen molar-refractivity contribution in [3.8, 4) is 5.75 Å². The fourth-order valence-electron chi connectivity index (χ4n) is 1.86. The molecule has 1 heteroatoms. The van der Waals surface area contributed by atoms with Gasteiger partial charge in [-0.2, -0.15) is 0 Å². The third kappa shape index (κ3) is 1.09. The zero-order chi connectivity index (χ0) is 10.3. The molecule has 0 atom stereocenters. The van der Waals surface area contributed by atoms with E-state index in [1.54, 1.807) is 0 Å². The first-order valence-electron chi connectivity index (χ1n) is 4.78. The summed E-state index contributed by atoms with van der Waals surface area (Å²) in [5.41, 5.74) is 3.22. The van der Waals surface area contributed by atoms with Crippen LogP contribution in [0.25, 0.3) is 10.8 Å². The minimum absolute atomic E-state index is 0.170. The molecule has 0 spiro atoms. The average molecular weight is 185 g/mol. The van der Waals surface area contributed by atoms with E-state index in [0.29, 0.717) is 0 Å². The highest BCUT2D eigenvalue weighted by Crippen LogP contribution is 2.34. The first kappa shape index (κ1) is 9.07. The van der Waals surface area contributed by atoms with E-state index in [1.165, 1.54) is 5.56 Å². The fraction of sp³-hybridized carbons (Fsp3) is 0.231. The van der Waals surface area contributed by atoms with Crippen molar-refractivity contribution in [2.45, 2.75) is 20.8 Å². The monoisotopic (exact) mass is 185 g/mol. The zero-order valence-electron chi connectivity index (χ0n) is 8.72. The molecule has 0 fully saturated rings. The van der Waals surface area contributed by atoms with Crippen LogP contribution in [0.5, 0.6) is 5.75 Å². The molecule has 14 heavy (non-hydrogen) atoms. The number of hydrogen-bond acceptors (Lipinski definition) is 0. The van der Waals surface area contributed by atoms with Gasteiger partial charge in [-0.15, -0.1) is 0 Å². The van der Waals surface area contributed by atoms with Crippen molar-refractivity contribution in [2.24, 2.45) is 0 Å². The van der Waals surface area contributed by atoms with Crippen molar-refractivity contribution in [3.05, 3.63) is 41.0 Å². The molecule has 0 heterocycles. The summed E-state index contributed by atoms with van der Waals surface area (Å²) in [4.78, 5) is 0. The van der Waals surface area contributed by atoms with E-state index in [0.717, 1.165) is 21.9 Å². The van der Waals surface area contributed by atoms with Gasteiger partial charge in [0.05, 0.1) is 0 Å². The second-order valence-corrected chi connectivity index (χ2v) is 3.75. The van der Waals surface area contributed by atoms with E-state index in [2.05, 4.69) is 6.92 Å². The van der Waals surface area contributed by atoms with E-state index >= 15 is 0 Å². The number of hydrogen-bond donors (Lipinski definition) is 0. The summed E-state index contributed by atoms with van der Waals surface area (Å²) in [6.07, 6.45) is 0. The van der Waals surface area contributed by atoms with Gasteiger partial charge in [-0.25, -0.2) is 0 Å². The Morgan fingerprint density at radius 1 is 0.786 bits per heavy atom. The molecule has 0 aliphatic rings. The van der Waals surface area contributed by atoms with Crippen LogP contribution in [-0.2, 0) is 5.11 Å². The summed E-state index contributed by atoms with van der Waals surface area (Å²) in [6, 6.07) is 7.80. The predicted octanol–water partition coefficient (Wildman–Crippen LogP) is 3.91. The van der Waals surface area contributed by atoms with Crippen molar-refractivity contribution in [3.63, 3.8) is 0 Å². The molecule has 0 aromatic heterocycles. The van der Waals surface area contributed by atoms with Crippen molar-refractivity contribution in [1.29, 1.82) is 0 Å². The third-order valence-corrected chi connectivity index (χ3v) is 3.04. The molecule has 0 N–H and O–H groups in total. The van der Waals surface area contributed by atoms with Gasteiger partial charge >= 0.3 is 0 Å². The van der Waals surface area contributed by atoms with Crippen molar-refractivity contribution in [2.75, 3.05) is 0 Å². The Labute approximate surface area is 84.0 Å². The minimum Gasteiger partial charge on any atom is -0.289 e. The van der Waals surface area contributed by atoms with Crippen LogP contribution in [0.1, 0.15) is 16.7 Å². The molecule has 0 aliphatic heterocycles. The average Bonchev–Trinajstić information content (AvgIpc) is 2.23. The maximum absolute atomic E-state index is 11.9. The molecule has 2 rings (SSSR count). The minimum atomic E-state index is 0.170. The number of fused-ring (bicyclic) bond motifs is 1. The highest BCUT2D eigenvalue weighted by Gasteiger charge is 2.11. The zero-order valence-corrected chi connectivity index (χ0v) is 8.72. The van der Waals surface area contributed by atoms with Crippen LogP contribution in [0.15, 0.2) is 24.3 Å². The maximum Gasteiger partial charge on any atom is 0.189 e. The SMILES string of the molecule is Cc1c(C)c([O])c2ccccc2c1C.